The lowest BCUT2D eigenvalue weighted by molar-refractivity contribution is -0.114. The molecule has 10 heteroatoms. The van der Waals surface area contributed by atoms with E-state index >= 15 is 0 Å². The molecule has 1 aliphatic rings. The van der Waals surface area contributed by atoms with Gasteiger partial charge in [0, 0.05) is 26.0 Å². The van der Waals surface area contributed by atoms with Crippen LogP contribution in [0.1, 0.15) is 49.8 Å². The highest BCUT2D eigenvalue weighted by Crippen LogP contribution is 2.42. The fourth-order valence-electron chi connectivity index (χ4n) is 5.68. The lowest BCUT2D eigenvalue weighted by Crippen LogP contribution is -2.30. The topological polar surface area (TPSA) is 111 Å². The number of thioether (sulfide) groups is 1. The highest BCUT2D eigenvalue weighted by molar-refractivity contribution is 8.00. The molecule has 7 nitrogen and oxygen atoms in total. The Balaban J connectivity index is 1.10. The number of rotatable bonds is 10. The quantitative estimate of drug-likeness (QED) is 0.0996. The van der Waals surface area contributed by atoms with Crippen LogP contribution in [0.3, 0.4) is 0 Å². The minimum absolute atomic E-state index is 0.0376. The fraction of sp³-hybridized carbons (Fsp3) is 0.128. The molecule has 1 unspecified atom stereocenters. The van der Waals surface area contributed by atoms with Gasteiger partial charge in [0.05, 0.1) is 11.3 Å². The summed E-state index contributed by atoms with van der Waals surface area (Å²) in [7, 11) is 0. The van der Waals surface area contributed by atoms with Crippen molar-refractivity contribution >= 4 is 69.2 Å². The van der Waals surface area contributed by atoms with Crippen molar-refractivity contribution in [2.24, 2.45) is 0 Å². The van der Waals surface area contributed by atoms with E-state index in [4.69, 9.17) is 11.6 Å². The zero-order chi connectivity index (χ0) is 34.2. The summed E-state index contributed by atoms with van der Waals surface area (Å²) in [5.74, 6) is -0.658. The number of fused-ring (bicyclic) bond motifs is 1. The predicted octanol–water partition coefficient (Wildman–Crippen LogP) is 8.69. The maximum atomic E-state index is 13.5. The van der Waals surface area contributed by atoms with Gasteiger partial charge in [-0.15, -0.1) is 23.1 Å². The second kappa shape index (κ2) is 15.8. The molecule has 0 spiro atoms. The molecule has 0 aliphatic heterocycles. The van der Waals surface area contributed by atoms with Crippen molar-refractivity contribution in [1.82, 2.24) is 5.32 Å². The second-order valence-electron chi connectivity index (χ2n) is 11.4. The lowest BCUT2D eigenvalue weighted by atomic mass is 9.83. The van der Waals surface area contributed by atoms with Crippen molar-refractivity contribution in [3.63, 3.8) is 0 Å². The van der Waals surface area contributed by atoms with Gasteiger partial charge in [0.25, 0.3) is 11.8 Å². The van der Waals surface area contributed by atoms with Gasteiger partial charge in [-0.25, -0.2) is 0 Å². The SMILES string of the molecule is N#Cc1c(NC(=O)CSc2cccc(NC(=O)/C(=C/c3cccc(Cl)c3)NC(=O)c3ccccc3)c2)sc2c1CCC(c1ccccc1)C2. The van der Waals surface area contributed by atoms with Crippen molar-refractivity contribution < 1.29 is 14.4 Å². The average molecular weight is 703 g/mol. The number of hydrogen-bond donors (Lipinski definition) is 3. The van der Waals surface area contributed by atoms with E-state index in [-0.39, 0.29) is 17.4 Å². The van der Waals surface area contributed by atoms with Crippen LogP contribution in [-0.4, -0.2) is 23.5 Å². The van der Waals surface area contributed by atoms with Crippen LogP contribution in [0.2, 0.25) is 5.02 Å². The standard InChI is InChI=1S/C39H31ClN4O3S2/c40-29-14-7-9-25(19-29)20-34(43-37(46)27-12-5-2-6-13-27)38(47)42-30-15-8-16-31(22-30)48-24-36(45)44-39-33(23-41)32-18-17-28(21-35(32)49-39)26-10-3-1-4-11-26/h1-16,19-20,22,28H,17-18,21,24H2,(H,42,47)(H,43,46)(H,44,45)/b34-20-. The summed E-state index contributed by atoms with van der Waals surface area (Å²) in [5, 5.41) is 19.6. The van der Waals surface area contributed by atoms with E-state index in [1.54, 1.807) is 78.9 Å². The number of nitriles is 1. The molecule has 4 aromatic carbocycles. The van der Waals surface area contributed by atoms with Gasteiger partial charge in [-0.2, -0.15) is 5.26 Å². The molecule has 244 valence electrons. The van der Waals surface area contributed by atoms with E-state index in [2.05, 4.69) is 46.3 Å². The third-order valence-corrected chi connectivity index (χ3v) is 10.4. The Morgan fingerprint density at radius 3 is 2.43 bits per heavy atom. The van der Waals surface area contributed by atoms with Crippen LogP contribution in [0.15, 0.2) is 120 Å². The molecule has 0 radical (unpaired) electrons. The van der Waals surface area contributed by atoms with E-state index in [0.717, 1.165) is 34.6 Å². The van der Waals surface area contributed by atoms with Crippen molar-refractivity contribution in [3.05, 3.63) is 153 Å². The van der Waals surface area contributed by atoms with Crippen LogP contribution in [0.25, 0.3) is 6.08 Å². The molecule has 0 saturated heterocycles. The maximum Gasteiger partial charge on any atom is 0.272 e. The summed E-state index contributed by atoms with van der Waals surface area (Å²) in [6, 6.07) is 35.4. The molecule has 1 heterocycles. The van der Waals surface area contributed by atoms with Crippen molar-refractivity contribution in [2.75, 3.05) is 16.4 Å². The number of carbonyl (C=O) groups excluding carboxylic acids is 3. The van der Waals surface area contributed by atoms with Crippen LogP contribution in [-0.2, 0) is 22.4 Å². The fourth-order valence-corrected chi connectivity index (χ4v) is 7.93. The molecule has 6 rings (SSSR count). The first-order chi connectivity index (χ1) is 23.9. The molecular weight excluding hydrogens is 672 g/mol. The largest absolute Gasteiger partial charge is 0.321 e. The molecule has 3 amide bonds. The third kappa shape index (κ3) is 8.67. The van der Waals surface area contributed by atoms with Gasteiger partial charge in [0.1, 0.15) is 16.8 Å². The predicted molar refractivity (Wildman–Crippen MR) is 198 cm³/mol. The van der Waals surface area contributed by atoms with Gasteiger partial charge in [0.15, 0.2) is 0 Å². The normalized spacial score (nSPS) is 13.9. The van der Waals surface area contributed by atoms with E-state index in [1.807, 2.05) is 12.1 Å². The lowest BCUT2D eigenvalue weighted by Gasteiger charge is -2.22. The van der Waals surface area contributed by atoms with Gasteiger partial charge in [-0.1, -0.05) is 78.3 Å². The van der Waals surface area contributed by atoms with Gasteiger partial charge in [-0.3, -0.25) is 14.4 Å². The number of anilines is 2. The van der Waals surface area contributed by atoms with Crippen LogP contribution in [0.5, 0.6) is 0 Å². The number of carbonyl (C=O) groups is 3. The molecule has 5 aromatic rings. The molecule has 0 saturated carbocycles. The summed E-state index contributed by atoms with van der Waals surface area (Å²) in [6.45, 7) is 0. The molecule has 49 heavy (non-hydrogen) atoms. The first-order valence-electron chi connectivity index (χ1n) is 15.6. The molecule has 1 aromatic heterocycles. The van der Waals surface area contributed by atoms with Crippen LogP contribution in [0.4, 0.5) is 10.7 Å². The number of nitrogens with one attached hydrogen (secondary N) is 3. The zero-order valence-electron chi connectivity index (χ0n) is 26.2. The van der Waals surface area contributed by atoms with E-state index in [9.17, 15) is 19.6 Å². The van der Waals surface area contributed by atoms with Crippen molar-refractivity contribution in [3.8, 4) is 6.07 Å². The molecule has 3 N–H and O–H groups in total. The summed E-state index contributed by atoms with van der Waals surface area (Å²) in [4.78, 5) is 41.4. The van der Waals surface area contributed by atoms with Crippen molar-refractivity contribution in [2.45, 2.75) is 30.1 Å². The molecular formula is C39H31ClN4O3S2. The van der Waals surface area contributed by atoms with Crippen LogP contribution in [0, 0.1) is 11.3 Å². The summed E-state index contributed by atoms with van der Waals surface area (Å²) in [6.07, 6.45) is 4.19. The van der Waals surface area contributed by atoms with Crippen LogP contribution >= 0.6 is 34.7 Å². The first-order valence-corrected chi connectivity index (χ1v) is 17.8. The second-order valence-corrected chi connectivity index (χ2v) is 14.0. The Hall–Kier alpha value is -5.14. The van der Waals surface area contributed by atoms with Crippen molar-refractivity contribution in [1.29, 1.82) is 5.26 Å². The van der Waals surface area contributed by atoms with Gasteiger partial charge < -0.3 is 16.0 Å². The van der Waals surface area contributed by atoms with E-state index in [0.29, 0.717) is 38.3 Å². The Bertz CT molecular complexity index is 2070. The average Bonchev–Trinajstić information content (AvgIpc) is 3.47. The number of amides is 3. The Kier molecular flexibility index (Phi) is 10.9. The number of hydrogen-bond acceptors (Lipinski definition) is 6. The Morgan fingerprint density at radius 1 is 0.918 bits per heavy atom. The Labute approximate surface area is 298 Å². The number of benzene rings is 4. The minimum atomic E-state index is -0.524. The van der Waals surface area contributed by atoms with Gasteiger partial charge in [0.2, 0.25) is 5.91 Å². The monoisotopic (exact) mass is 702 g/mol. The molecule has 0 fully saturated rings. The summed E-state index contributed by atoms with van der Waals surface area (Å²) in [5.41, 5.74) is 4.49. The first kappa shape index (κ1) is 33.7. The van der Waals surface area contributed by atoms with Crippen LogP contribution < -0.4 is 16.0 Å². The highest BCUT2D eigenvalue weighted by Gasteiger charge is 2.27. The van der Waals surface area contributed by atoms with Gasteiger partial charge in [-0.05, 0) is 90.4 Å². The number of halogens is 1. The summed E-state index contributed by atoms with van der Waals surface area (Å²) < 4.78 is 0. The molecule has 1 aliphatic carbocycles. The van der Waals surface area contributed by atoms with E-state index < -0.39 is 11.8 Å². The third-order valence-electron chi connectivity index (χ3n) is 8.05. The minimum Gasteiger partial charge on any atom is -0.321 e. The maximum absolute atomic E-state index is 13.5. The van der Waals surface area contributed by atoms with E-state index in [1.165, 1.54) is 28.7 Å². The number of thiophene rings is 1. The zero-order valence-corrected chi connectivity index (χ0v) is 28.6. The molecule has 1 atom stereocenters. The Morgan fingerprint density at radius 2 is 1.67 bits per heavy atom. The van der Waals surface area contributed by atoms with Gasteiger partial charge >= 0.3 is 0 Å². The number of nitrogens with zero attached hydrogens (tertiary/aromatic N) is 1. The smallest absolute Gasteiger partial charge is 0.272 e. The highest BCUT2D eigenvalue weighted by atomic mass is 35.5. The summed E-state index contributed by atoms with van der Waals surface area (Å²) >= 11 is 8.97. The molecule has 0 bridgehead atoms.